The molecule has 10 aromatic rings. The van der Waals surface area contributed by atoms with E-state index in [4.69, 9.17) is 0 Å². The Kier molecular flexibility index (Phi) is 6.61. The van der Waals surface area contributed by atoms with E-state index in [1.807, 2.05) is 22.7 Å². The molecule has 0 radical (unpaired) electrons. The maximum Gasteiger partial charge on any atom is 0.0540 e. The number of rotatable bonds is 5. The first-order chi connectivity index (χ1) is 24.3. The van der Waals surface area contributed by atoms with Gasteiger partial charge in [-0.25, -0.2) is 0 Å². The first-order valence-electron chi connectivity index (χ1n) is 16.6. The van der Waals surface area contributed by atoms with Crippen LogP contribution in [-0.2, 0) is 0 Å². The minimum atomic E-state index is 1.12. The summed E-state index contributed by atoms with van der Waals surface area (Å²) in [6.45, 7) is 0. The molecule has 10 rings (SSSR count). The predicted molar refractivity (Wildman–Crippen MR) is 215 cm³/mol. The predicted octanol–water partition coefficient (Wildman–Crippen LogP) is 14.4. The van der Waals surface area contributed by atoms with E-state index in [-0.39, 0.29) is 0 Å². The number of fused-ring (bicyclic) bond motifs is 7. The first kappa shape index (κ1) is 28.3. The van der Waals surface area contributed by atoms with Gasteiger partial charge in [0.25, 0.3) is 0 Å². The molecule has 0 spiro atoms. The molecule has 0 saturated heterocycles. The molecule has 1 nitrogen and oxygen atoms in total. The van der Waals surface area contributed by atoms with Gasteiger partial charge >= 0.3 is 0 Å². The Morgan fingerprint density at radius 3 is 1.71 bits per heavy atom. The molecule has 0 atom stereocenters. The molecular weight excluding hydrogens is 631 g/mol. The molecule has 8 aromatic carbocycles. The summed E-state index contributed by atoms with van der Waals surface area (Å²) < 4.78 is 5.28. The van der Waals surface area contributed by atoms with Gasteiger partial charge in [0.2, 0.25) is 0 Å². The van der Waals surface area contributed by atoms with E-state index in [0.29, 0.717) is 0 Å². The van der Waals surface area contributed by atoms with Crippen LogP contribution >= 0.6 is 22.7 Å². The maximum absolute atomic E-state index is 2.42. The van der Waals surface area contributed by atoms with Crippen molar-refractivity contribution in [2.75, 3.05) is 4.90 Å². The van der Waals surface area contributed by atoms with Gasteiger partial charge in [0.05, 0.1) is 5.69 Å². The molecule has 0 saturated carbocycles. The van der Waals surface area contributed by atoms with Crippen LogP contribution in [0.3, 0.4) is 0 Å². The third-order valence-electron chi connectivity index (χ3n) is 9.66. The summed E-state index contributed by atoms with van der Waals surface area (Å²) in [6, 6.07) is 64.4. The zero-order valence-corrected chi connectivity index (χ0v) is 28.1. The molecule has 0 aliphatic rings. The molecular formula is C46H29NS2. The van der Waals surface area contributed by atoms with Crippen LogP contribution in [0.25, 0.3) is 73.4 Å². The van der Waals surface area contributed by atoms with Crippen LogP contribution in [0.4, 0.5) is 17.1 Å². The van der Waals surface area contributed by atoms with Gasteiger partial charge in [0.1, 0.15) is 0 Å². The van der Waals surface area contributed by atoms with Gasteiger partial charge in [-0.2, -0.15) is 0 Å². The minimum Gasteiger partial charge on any atom is -0.310 e. The zero-order valence-electron chi connectivity index (χ0n) is 26.5. The molecule has 3 heteroatoms. The van der Waals surface area contributed by atoms with Crippen molar-refractivity contribution in [3.63, 3.8) is 0 Å². The minimum absolute atomic E-state index is 1.12. The van der Waals surface area contributed by atoms with Crippen molar-refractivity contribution < 1.29 is 0 Å². The molecule has 0 aliphatic carbocycles. The normalized spacial score (nSPS) is 11.7. The number of thiophene rings is 2. The monoisotopic (exact) mass is 659 g/mol. The Labute approximate surface area is 292 Å². The second-order valence-electron chi connectivity index (χ2n) is 12.5. The van der Waals surface area contributed by atoms with Crippen LogP contribution in [0.1, 0.15) is 0 Å². The van der Waals surface area contributed by atoms with Crippen molar-refractivity contribution in [3.05, 3.63) is 176 Å². The van der Waals surface area contributed by atoms with E-state index in [9.17, 15) is 0 Å². The molecule has 0 unspecified atom stereocenters. The molecule has 0 N–H and O–H groups in total. The number of anilines is 3. The lowest BCUT2D eigenvalue weighted by atomic mass is 9.96. The quantitative estimate of drug-likeness (QED) is 0.178. The lowest BCUT2D eigenvalue weighted by molar-refractivity contribution is 1.29. The summed E-state index contributed by atoms with van der Waals surface area (Å²) in [7, 11) is 0. The SMILES string of the molecule is c1ccc(-c2ccccc2N(c2ccc(-c3cccc4cc5c(cc34)sc3ccccc35)cc2)c2ccc3c(c2)sc2ccccc23)cc1. The van der Waals surface area contributed by atoms with Gasteiger partial charge in [-0.3, -0.25) is 0 Å². The second kappa shape index (κ2) is 11.5. The Morgan fingerprint density at radius 1 is 0.327 bits per heavy atom. The average Bonchev–Trinajstić information content (AvgIpc) is 3.72. The van der Waals surface area contributed by atoms with E-state index in [1.165, 1.54) is 73.4 Å². The summed E-state index contributed by atoms with van der Waals surface area (Å²) in [6.07, 6.45) is 0. The summed E-state index contributed by atoms with van der Waals surface area (Å²) >= 11 is 3.74. The standard InChI is InChI=1S/C46H29NS2/c1-2-11-30(12-3-1)36-14-4-7-18-42(36)47(34-25-26-39-37-15-5-8-19-43(37)48-45(39)28-34)33-23-21-31(22-24-33)35-17-10-13-32-27-41-38-16-6-9-20-44(38)49-46(41)29-40(32)35/h1-29H. The molecule has 49 heavy (non-hydrogen) atoms. The Bertz CT molecular complexity index is 2830. The highest BCUT2D eigenvalue weighted by Gasteiger charge is 2.19. The highest BCUT2D eigenvalue weighted by atomic mass is 32.1. The fraction of sp³-hybridized carbons (Fsp3) is 0. The van der Waals surface area contributed by atoms with Gasteiger partial charge in [-0.1, -0.05) is 121 Å². The summed E-state index contributed by atoms with van der Waals surface area (Å²) in [4.78, 5) is 2.42. The van der Waals surface area contributed by atoms with Gasteiger partial charge < -0.3 is 4.90 Å². The molecule has 0 amide bonds. The molecule has 2 heterocycles. The Balaban J connectivity index is 1.13. The highest BCUT2D eigenvalue weighted by Crippen LogP contribution is 2.45. The fourth-order valence-electron chi connectivity index (χ4n) is 7.35. The van der Waals surface area contributed by atoms with Crippen molar-refractivity contribution in [1.29, 1.82) is 0 Å². The average molecular weight is 660 g/mol. The maximum atomic E-state index is 2.42. The molecule has 2 aromatic heterocycles. The van der Waals surface area contributed by atoms with Crippen LogP contribution in [0.5, 0.6) is 0 Å². The smallest absolute Gasteiger partial charge is 0.0540 e. The van der Waals surface area contributed by atoms with Gasteiger partial charge in [0.15, 0.2) is 0 Å². The van der Waals surface area contributed by atoms with Crippen molar-refractivity contribution in [3.8, 4) is 22.3 Å². The Morgan fingerprint density at radius 2 is 0.918 bits per heavy atom. The topological polar surface area (TPSA) is 3.24 Å². The highest BCUT2D eigenvalue weighted by molar-refractivity contribution is 7.26. The number of para-hydroxylation sites is 1. The summed E-state index contributed by atoms with van der Waals surface area (Å²) in [5.74, 6) is 0. The van der Waals surface area contributed by atoms with E-state index in [2.05, 4.69) is 181 Å². The number of hydrogen-bond donors (Lipinski definition) is 0. The summed E-state index contributed by atoms with van der Waals surface area (Å²) in [5.41, 5.74) is 8.29. The number of benzene rings is 8. The van der Waals surface area contributed by atoms with E-state index in [1.54, 1.807) is 0 Å². The largest absolute Gasteiger partial charge is 0.310 e. The number of hydrogen-bond acceptors (Lipinski definition) is 3. The van der Waals surface area contributed by atoms with Crippen molar-refractivity contribution in [2.45, 2.75) is 0 Å². The van der Waals surface area contributed by atoms with Crippen LogP contribution in [0, 0.1) is 0 Å². The lowest BCUT2D eigenvalue weighted by Gasteiger charge is -2.28. The Hall–Kier alpha value is -5.74. The summed E-state index contributed by atoms with van der Waals surface area (Å²) in [5, 5.41) is 7.86. The van der Waals surface area contributed by atoms with Gasteiger partial charge in [-0.15, -0.1) is 22.7 Å². The molecule has 0 aliphatic heterocycles. The van der Waals surface area contributed by atoms with Crippen molar-refractivity contribution >= 4 is 90.9 Å². The van der Waals surface area contributed by atoms with Crippen LogP contribution < -0.4 is 4.90 Å². The van der Waals surface area contributed by atoms with E-state index >= 15 is 0 Å². The third kappa shape index (κ3) is 4.74. The fourth-order valence-corrected chi connectivity index (χ4v) is 9.62. The zero-order chi connectivity index (χ0) is 32.3. The molecule has 230 valence electrons. The van der Waals surface area contributed by atoms with Crippen LogP contribution in [0.15, 0.2) is 176 Å². The van der Waals surface area contributed by atoms with Crippen LogP contribution in [-0.4, -0.2) is 0 Å². The van der Waals surface area contributed by atoms with Gasteiger partial charge in [-0.05, 0) is 82.1 Å². The van der Waals surface area contributed by atoms with Crippen LogP contribution in [0.2, 0.25) is 0 Å². The first-order valence-corrected chi connectivity index (χ1v) is 18.2. The van der Waals surface area contributed by atoms with Crippen molar-refractivity contribution in [1.82, 2.24) is 0 Å². The number of nitrogens with zero attached hydrogens (tertiary/aromatic N) is 1. The third-order valence-corrected chi connectivity index (χ3v) is 11.9. The van der Waals surface area contributed by atoms with E-state index < -0.39 is 0 Å². The molecule has 0 bridgehead atoms. The second-order valence-corrected chi connectivity index (χ2v) is 14.7. The van der Waals surface area contributed by atoms with E-state index in [0.717, 1.165) is 17.1 Å². The lowest BCUT2D eigenvalue weighted by Crippen LogP contribution is -2.11. The molecule has 0 fully saturated rings. The van der Waals surface area contributed by atoms with Crippen molar-refractivity contribution in [2.24, 2.45) is 0 Å². The van der Waals surface area contributed by atoms with Gasteiger partial charge in [0, 0.05) is 57.3 Å².